The molecule has 1 aliphatic carbocycles. The molecule has 4 rings (SSSR count). The van der Waals surface area contributed by atoms with Crippen LogP contribution in [0.4, 0.5) is 0 Å². The second kappa shape index (κ2) is 7.20. The van der Waals surface area contributed by atoms with Gasteiger partial charge >= 0.3 is 5.97 Å². The molecular weight excluding hydrogens is 380 g/mol. The van der Waals surface area contributed by atoms with E-state index in [1.165, 1.54) is 0 Å². The number of nitrogens with two attached hydrogens (primary N) is 1. The average Bonchev–Trinajstić information content (AvgIpc) is 3.21. The summed E-state index contributed by atoms with van der Waals surface area (Å²) in [6.07, 6.45) is 1.37. The number of nitrogens with zero attached hydrogens (tertiary/aromatic N) is 1. The summed E-state index contributed by atoms with van der Waals surface area (Å²) in [5.74, 6) is -1.38. The maximum atomic E-state index is 12.1. The SMILES string of the molecule is NC(=O)C1CCc2c1c1c(OCC(=O)O)cccc1n2Cc1ccc(Cl)cc1. The number of hydrogen-bond acceptors (Lipinski definition) is 3. The van der Waals surface area contributed by atoms with E-state index in [0.29, 0.717) is 23.7 Å². The predicted molar refractivity (Wildman–Crippen MR) is 106 cm³/mol. The summed E-state index contributed by atoms with van der Waals surface area (Å²) in [7, 11) is 0. The lowest BCUT2D eigenvalue weighted by Gasteiger charge is -2.12. The first-order valence-electron chi connectivity index (χ1n) is 8.98. The Morgan fingerprint density at radius 2 is 1.96 bits per heavy atom. The molecule has 2 aromatic carbocycles. The highest BCUT2D eigenvalue weighted by Crippen LogP contribution is 2.44. The normalized spacial score (nSPS) is 15.5. The molecule has 0 radical (unpaired) electrons. The van der Waals surface area contributed by atoms with Crippen molar-refractivity contribution in [2.45, 2.75) is 25.3 Å². The summed E-state index contributed by atoms with van der Waals surface area (Å²) in [5, 5.41) is 10.4. The Bertz CT molecular complexity index is 1070. The van der Waals surface area contributed by atoms with Crippen molar-refractivity contribution in [2.24, 2.45) is 5.73 Å². The minimum absolute atomic E-state index is 0.377. The molecule has 3 N–H and O–H groups in total. The molecule has 1 heterocycles. The zero-order chi connectivity index (χ0) is 19.8. The molecule has 144 valence electrons. The van der Waals surface area contributed by atoms with Gasteiger partial charge in [-0.15, -0.1) is 0 Å². The Kier molecular flexibility index (Phi) is 4.73. The van der Waals surface area contributed by atoms with Crippen LogP contribution in [0.3, 0.4) is 0 Å². The van der Waals surface area contributed by atoms with E-state index in [-0.39, 0.29) is 5.91 Å². The molecule has 1 aromatic heterocycles. The van der Waals surface area contributed by atoms with E-state index in [1.807, 2.05) is 36.4 Å². The number of carboxylic acid groups (broad SMARTS) is 1. The van der Waals surface area contributed by atoms with Gasteiger partial charge in [0.1, 0.15) is 5.75 Å². The van der Waals surface area contributed by atoms with Gasteiger partial charge in [0, 0.05) is 22.6 Å². The van der Waals surface area contributed by atoms with Gasteiger partial charge in [0.05, 0.1) is 11.4 Å². The van der Waals surface area contributed by atoms with E-state index < -0.39 is 18.5 Å². The fraction of sp³-hybridized carbons (Fsp3) is 0.238. The summed E-state index contributed by atoms with van der Waals surface area (Å²) in [5.41, 5.74) is 9.53. The van der Waals surface area contributed by atoms with Gasteiger partial charge in [-0.05, 0) is 48.2 Å². The Balaban J connectivity index is 1.88. The van der Waals surface area contributed by atoms with E-state index in [4.69, 9.17) is 27.2 Å². The lowest BCUT2D eigenvalue weighted by molar-refractivity contribution is -0.139. The van der Waals surface area contributed by atoms with Gasteiger partial charge in [-0.3, -0.25) is 4.79 Å². The zero-order valence-electron chi connectivity index (χ0n) is 15.0. The number of primary amides is 1. The van der Waals surface area contributed by atoms with Gasteiger partial charge in [0.15, 0.2) is 6.61 Å². The van der Waals surface area contributed by atoms with Crippen molar-refractivity contribution in [1.29, 1.82) is 0 Å². The van der Waals surface area contributed by atoms with Crippen molar-refractivity contribution in [2.75, 3.05) is 6.61 Å². The van der Waals surface area contributed by atoms with Crippen LogP contribution in [0.1, 0.15) is 29.2 Å². The lowest BCUT2D eigenvalue weighted by Crippen LogP contribution is -2.19. The van der Waals surface area contributed by atoms with Crippen LogP contribution in [0.15, 0.2) is 42.5 Å². The maximum absolute atomic E-state index is 12.1. The van der Waals surface area contributed by atoms with Crippen molar-refractivity contribution in [3.05, 3.63) is 64.3 Å². The highest BCUT2D eigenvalue weighted by molar-refractivity contribution is 6.30. The number of aliphatic carboxylic acids is 1. The Morgan fingerprint density at radius 1 is 1.21 bits per heavy atom. The third-order valence-electron chi connectivity index (χ3n) is 5.17. The molecule has 1 unspecified atom stereocenters. The molecule has 1 amide bonds. The van der Waals surface area contributed by atoms with Crippen molar-refractivity contribution in [1.82, 2.24) is 4.57 Å². The number of hydrogen-bond donors (Lipinski definition) is 2. The molecule has 1 atom stereocenters. The Morgan fingerprint density at radius 3 is 2.64 bits per heavy atom. The van der Waals surface area contributed by atoms with Crippen molar-refractivity contribution in [3.63, 3.8) is 0 Å². The maximum Gasteiger partial charge on any atom is 0.341 e. The standard InChI is InChI=1S/C21H19ClN2O4/c22-13-6-4-12(5-7-13)10-24-15-2-1-3-17(28-11-18(25)26)20(15)19-14(21(23)27)8-9-16(19)24/h1-7,14H,8-11H2,(H2,23,27)(H,25,26). The molecule has 0 bridgehead atoms. The van der Waals surface area contributed by atoms with Gasteiger partial charge in [-0.2, -0.15) is 0 Å². The molecule has 0 fully saturated rings. The largest absolute Gasteiger partial charge is 0.481 e. The fourth-order valence-corrected chi connectivity index (χ4v) is 4.14. The number of rotatable bonds is 6. The van der Waals surface area contributed by atoms with E-state index in [1.54, 1.807) is 6.07 Å². The summed E-state index contributed by atoms with van der Waals surface area (Å²) < 4.78 is 7.69. The van der Waals surface area contributed by atoms with Crippen LogP contribution in [0.5, 0.6) is 5.75 Å². The summed E-state index contributed by atoms with van der Waals surface area (Å²) in [6.45, 7) is 0.161. The summed E-state index contributed by atoms with van der Waals surface area (Å²) in [6, 6.07) is 13.1. The average molecular weight is 399 g/mol. The molecule has 0 aliphatic heterocycles. The van der Waals surface area contributed by atoms with Crippen LogP contribution in [0, 0.1) is 0 Å². The van der Waals surface area contributed by atoms with Gasteiger partial charge in [-0.25, -0.2) is 4.79 Å². The van der Waals surface area contributed by atoms with Crippen LogP contribution >= 0.6 is 11.6 Å². The Hall–Kier alpha value is -2.99. The van der Waals surface area contributed by atoms with Gasteiger partial charge in [0.25, 0.3) is 0 Å². The molecule has 0 spiro atoms. The number of carbonyl (C=O) groups excluding carboxylic acids is 1. The first-order chi connectivity index (χ1) is 13.5. The molecule has 0 saturated carbocycles. The van der Waals surface area contributed by atoms with Crippen LogP contribution in [0.2, 0.25) is 5.02 Å². The van der Waals surface area contributed by atoms with Crippen LogP contribution in [-0.4, -0.2) is 28.2 Å². The molecule has 1 aliphatic rings. The van der Waals surface area contributed by atoms with E-state index >= 15 is 0 Å². The minimum Gasteiger partial charge on any atom is -0.481 e. The van der Waals surface area contributed by atoms with Crippen LogP contribution in [0.25, 0.3) is 10.9 Å². The highest BCUT2D eigenvalue weighted by Gasteiger charge is 2.34. The van der Waals surface area contributed by atoms with E-state index in [0.717, 1.165) is 34.1 Å². The lowest BCUT2D eigenvalue weighted by atomic mass is 9.99. The second-order valence-electron chi connectivity index (χ2n) is 6.90. The predicted octanol–water partition coefficient (Wildman–Crippen LogP) is 3.32. The van der Waals surface area contributed by atoms with Crippen molar-refractivity contribution >= 4 is 34.4 Å². The summed E-state index contributed by atoms with van der Waals surface area (Å²) >= 11 is 5.99. The van der Waals surface area contributed by atoms with Crippen molar-refractivity contribution in [3.8, 4) is 5.75 Å². The highest BCUT2D eigenvalue weighted by atomic mass is 35.5. The monoisotopic (exact) mass is 398 g/mol. The number of benzene rings is 2. The molecule has 28 heavy (non-hydrogen) atoms. The molecule has 7 heteroatoms. The second-order valence-corrected chi connectivity index (χ2v) is 7.34. The zero-order valence-corrected chi connectivity index (χ0v) is 15.8. The van der Waals surface area contributed by atoms with Crippen LogP contribution < -0.4 is 10.5 Å². The summed E-state index contributed by atoms with van der Waals surface area (Å²) in [4.78, 5) is 23.0. The third kappa shape index (κ3) is 3.20. The van der Waals surface area contributed by atoms with Gasteiger partial charge in [-0.1, -0.05) is 29.8 Å². The Labute approximate surface area is 166 Å². The van der Waals surface area contributed by atoms with E-state index in [9.17, 15) is 9.59 Å². The number of halogens is 1. The first kappa shape index (κ1) is 18.4. The number of amides is 1. The molecular formula is C21H19ClN2O4. The minimum atomic E-state index is -1.05. The quantitative estimate of drug-likeness (QED) is 0.665. The molecule has 0 saturated heterocycles. The first-order valence-corrected chi connectivity index (χ1v) is 9.36. The topological polar surface area (TPSA) is 94.6 Å². The smallest absolute Gasteiger partial charge is 0.341 e. The fourth-order valence-electron chi connectivity index (χ4n) is 4.02. The number of ether oxygens (including phenoxy) is 1. The van der Waals surface area contributed by atoms with Crippen LogP contribution in [-0.2, 0) is 22.6 Å². The molecule has 3 aromatic rings. The number of aromatic nitrogens is 1. The van der Waals surface area contributed by atoms with Gasteiger partial charge < -0.3 is 20.1 Å². The van der Waals surface area contributed by atoms with Gasteiger partial charge in [0.2, 0.25) is 5.91 Å². The number of fused-ring (bicyclic) bond motifs is 3. The number of carboxylic acids is 1. The third-order valence-corrected chi connectivity index (χ3v) is 5.42. The van der Waals surface area contributed by atoms with E-state index in [2.05, 4.69) is 4.57 Å². The number of carbonyl (C=O) groups is 2. The molecule has 6 nitrogen and oxygen atoms in total. The van der Waals surface area contributed by atoms with Crippen molar-refractivity contribution < 1.29 is 19.4 Å².